The molecule has 0 amide bonds. The van der Waals surface area contributed by atoms with Gasteiger partial charge >= 0.3 is 0 Å². The van der Waals surface area contributed by atoms with Crippen LogP contribution in [0.5, 0.6) is 0 Å². The molecule has 0 atom stereocenters. The Morgan fingerprint density at radius 2 is 2.21 bits per heavy atom. The van der Waals surface area contributed by atoms with Gasteiger partial charge in [0.1, 0.15) is 5.82 Å². The maximum absolute atomic E-state index is 4.54. The second-order valence-corrected chi connectivity index (χ2v) is 4.91. The third-order valence-electron chi connectivity index (χ3n) is 3.38. The number of aryl methyl sites for hydroxylation is 2. The van der Waals surface area contributed by atoms with Gasteiger partial charge in [0.15, 0.2) is 0 Å². The fraction of sp³-hybridized carbons (Fsp3) is 0.538. The zero-order valence-electron chi connectivity index (χ0n) is 11.3. The topological polar surface area (TPSA) is 47.7 Å². The molecule has 0 bridgehead atoms. The first-order valence-corrected chi connectivity index (χ1v) is 6.55. The van der Waals surface area contributed by atoms with Gasteiger partial charge in [-0.2, -0.15) is 10.2 Å². The van der Waals surface area contributed by atoms with Gasteiger partial charge in [-0.25, -0.2) is 0 Å². The fourth-order valence-corrected chi connectivity index (χ4v) is 2.10. The van der Waals surface area contributed by atoms with Crippen molar-refractivity contribution in [1.29, 1.82) is 0 Å². The van der Waals surface area contributed by atoms with Crippen LogP contribution in [0.1, 0.15) is 36.9 Å². The van der Waals surface area contributed by atoms with Crippen molar-refractivity contribution in [1.82, 2.24) is 19.6 Å². The van der Waals surface area contributed by atoms with E-state index in [9.17, 15) is 0 Å². The summed E-state index contributed by atoms with van der Waals surface area (Å²) in [7, 11) is 1.99. The number of halogens is 1. The Balaban J connectivity index is 0.00000133. The van der Waals surface area contributed by atoms with E-state index in [-0.39, 0.29) is 12.4 Å². The lowest BCUT2D eigenvalue weighted by Crippen LogP contribution is -2.04. The molecule has 0 aromatic carbocycles. The van der Waals surface area contributed by atoms with Crippen molar-refractivity contribution < 1.29 is 0 Å². The first-order chi connectivity index (χ1) is 8.76. The summed E-state index contributed by atoms with van der Waals surface area (Å²) in [6, 6.07) is 2.17. The number of anilines is 1. The smallest absolute Gasteiger partial charge is 0.124 e. The van der Waals surface area contributed by atoms with Crippen LogP contribution in [0.25, 0.3) is 0 Å². The van der Waals surface area contributed by atoms with E-state index in [1.807, 2.05) is 22.6 Å². The summed E-state index contributed by atoms with van der Waals surface area (Å²) in [5.41, 5.74) is 2.43. The zero-order valence-corrected chi connectivity index (χ0v) is 12.2. The molecule has 5 nitrogen and oxygen atoms in total. The number of nitrogens with zero attached hydrogens (tertiary/aromatic N) is 4. The largest absolute Gasteiger partial charge is 0.366 e. The van der Waals surface area contributed by atoms with Crippen LogP contribution < -0.4 is 5.32 Å². The van der Waals surface area contributed by atoms with Gasteiger partial charge in [-0.1, -0.05) is 0 Å². The van der Waals surface area contributed by atoms with Crippen LogP contribution in [0.15, 0.2) is 18.5 Å². The fourth-order valence-electron chi connectivity index (χ4n) is 2.10. The molecule has 3 rings (SSSR count). The maximum atomic E-state index is 4.54. The van der Waals surface area contributed by atoms with Crippen molar-refractivity contribution in [2.45, 2.75) is 38.8 Å². The number of hydrogen-bond donors (Lipinski definition) is 1. The van der Waals surface area contributed by atoms with Gasteiger partial charge in [0.2, 0.25) is 0 Å². The normalized spacial score (nSPS) is 14.2. The number of rotatable bonds is 5. The molecular weight excluding hydrogens is 262 g/mol. The summed E-state index contributed by atoms with van der Waals surface area (Å²) in [6.45, 7) is 3.80. The molecule has 2 aromatic heterocycles. The van der Waals surface area contributed by atoms with Crippen LogP contribution in [0, 0.1) is 0 Å². The number of aromatic nitrogens is 4. The van der Waals surface area contributed by atoms with Crippen LogP contribution >= 0.6 is 12.4 Å². The highest BCUT2D eigenvalue weighted by atomic mass is 35.5. The summed E-state index contributed by atoms with van der Waals surface area (Å²) in [5.74, 6) is 1.79. The molecule has 1 aliphatic carbocycles. The number of nitrogens with one attached hydrogen (secondary N) is 1. The van der Waals surface area contributed by atoms with Crippen molar-refractivity contribution in [3.05, 3.63) is 29.7 Å². The number of hydrogen-bond acceptors (Lipinski definition) is 3. The monoisotopic (exact) mass is 281 g/mol. The molecule has 0 aliphatic heterocycles. The van der Waals surface area contributed by atoms with E-state index in [1.165, 1.54) is 24.1 Å². The maximum Gasteiger partial charge on any atom is 0.124 e. The quantitative estimate of drug-likeness (QED) is 0.916. The Labute approximate surface area is 119 Å². The minimum absolute atomic E-state index is 0. The Morgan fingerprint density at radius 1 is 1.42 bits per heavy atom. The summed E-state index contributed by atoms with van der Waals surface area (Å²) in [6.07, 6.45) is 6.57. The second-order valence-electron chi connectivity index (χ2n) is 4.91. The lowest BCUT2D eigenvalue weighted by atomic mass is 10.3. The van der Waals surface area contributed by atoms with Crippen molar-refractivity contribution in [3.63, 3.8) is 0 Å². The van der Waals surface area contributed by atoms with Crippen molar-refractivity contribution in [2.24, 2.45) is 7.05 Å². The molecule has 0 saturated heterocycles. The third kappa shape index (κ3) is 3.10. The van der Waals surface area contributed by atoms with E-state index in [4.69, 9.17) is 0 Å². The molecule has 2 heterocycles. The van der Waals surface area contributed by atoms with Crippen molar-refractivity contribution in [2.75, 3.05) is 5.32 Å². The van der Waals surface area contributed by atoms with Gasteiger partial charge < -0.3 is 5.32 Å². The van der Waals surface area contributed by atoms with Gasteiger partial charge in [0, 0.05) is 43.9 Å². The Bertz CT molecular complexity index is 541. The lowest BCUT2D eigenvalue weighted by Gasteiger charge is -2.03. The van der Waals surface area contributed by atoms with Crippen molar-refractivity contribution >= 4 is 18.2 Å². The van der Waals surface area contributed by atoms with Gasteiger partial charge in [-0.05, 0) is 19.8 Å². The molecule has 6 heteroatoms. The minimum Gasteiger partial charge on any atom is -0.366 e. The average molecular weight is 282 g/mol. The van der Waals surface area contributed by atoms with Crippen LogP contribution in [0.3, 0.4) is 0 Å². The van der Waals surface area contributed by atoms with E-state index >= 15 is 0 Å². The Morgan fingerprint density at radius 3 is 2.84 bits per heavy atom. The van der Waals surface area contributed by atoms with Crippen LogP contribution in [-0.2, 0) is 20.1 Å². The summed E-state index contributed by atoms with van der Waals surface area (Å²) < 4.78 is 3.87. The van der Waals surface area contributed by atoms with Crippen LogP contribution in [0.4, 0.5) is 5.82 Å². The Hall–Kier alpha value is -1.49. The minimum atomic E-state index is 0. The highest BCUT2D eigenvalue weighted by Gasteiger charge is 2.26. The molecule has 1 saturated carbocycles. The molecule has 2 aromatic rings. The third-order valence-corrected chi connectivity index (χ3v) is 3.38. The summed E-state index contributed by atoms with van der Waals surface area (Å²) in [4.78, 5) is 0. The van der Waals surface area contributed by atoms with E-state index in [2.05, 4.69) is 34.7 Å². The second kappa shape index (κ2) is 5.65. The molecule has 0 unspecified atom stereocenters. The van der Waals surface area contributed by atoms with Gasteiger partial charge in [0.05, 0.1) is 11.9 Å². The van der Waals surface area contributed by atoms with Crippen LogP contribution in [-0.4, -0.2) is 19.6 Å². The molecule has 104 valence electrons. The van der Waals surface area contributed by atoms with Crippen molar-refractivity contribution in [3.8, 4) is 0 Å². The molecule has 1 fully saturated rings. The lowest BCUT2D eigenvalue weighted by molar-refractivity contribution is 0.659. The standard InChI is InChI=1S/C13H19N5.ClH/c1-3-18-9-10(8-15-18)7-14-13-6-12(11-4-5-11)16-17(13)2;/h6,8-9,11,14H,3-5,7H2,1-2H3;1H. The Kier molecular flexibility index (Phi) is 4.14. The highest BCUT2D eigenvalue weighted by molar-refractivity contribution is 5.85. The average Bonchev–Trinajstić information content (AvgIpc) is 3.01. The molecular formula is C13H20ClN5. The van der Waals surface area contributed by atoms with Gasteiger partial charge in [-0.3, -0.25) is 9.36 Å². The predicted octanol–water partition coefficient (Wildman–Crippen LogP) is 2.55. The summed E-state index contributed by atoms with van der Waals surface area (Å²) >= 11 is 0. The molecule has 0 radical (unpaired) electrons. The van der Waals surface area contributed by atoms with E-state index in [0.717, 1.165) is 18.9 Å². The van der Waals surface area contributed by atoms with Gasteiger partial charge in [-0.15, -0.1) is 12.4 Å². The van der Waals surface area contributed by atoms with Gasteiger partial charge in [0.25, 0.3) is 0 Å². The highest BCUT2D eigenvalue weighted by Crippen LogP contribution is 2.39. The summed E-state index contributed by atoms with van der Waals surface area (Å²) in [5, 5.41) is 12.2. The van der Waals surface area contributed by atoms with E-state index in [0.29, 0.717) is 5.92 Å². The van der Waals surface area contributed by atoms with Crippen LogP contribution in [0.2, 0.25) is 0 Å². The van der Waals surface area contributed by atoms with E-state index < -0.39 is 0 Å². The molecule has 1 N–H and O–H groups in total. The SMILES string of the molecule is CCn1cc(CNc2cc(C3CC3)nn2C)cn1.Cl. The molecule has 0 spiro atoms. The predicted molar refractivity (Wildman–Crippen MR) is 77.7 cm³/mol. The first kappa shape index (κ1) is 13.9. The molecule has 1 aliphatic rings. The first-order valence-electron chi connectivity index (χ1n) is 6.55. The zero-order chi connectivity index (χ0) is 12.5. The molecule has 19 heavy (non-hydrogen) atoms. The van der Waals surface area contributed by atoms with E-state index in [1.54, 1.807) is 0 Å².